The van der Waals surface area contributed by atoms with Crippen LogP contribution in [-0.4, -0.2) is 28.8 Å². The molecule has 6 heteroatoms. The van der Waals surface area contributed by atoms with Crippen molar-refractivity contribution in [2.45, 2.75) is 70.1 Å². The van der Waals surface area contributed by atoms with Gasteiger partial charge in [-0.1, -0.05) is 61.4 Å². The Kier molecular flexibility index (Phi) is 6.75. The fourth-order valence-corrected chi connectivity index (χ4v) is 5.94. The van der Waals surface area contributed by atoms with E-state index < -0.39 is 6.04 Å². The molecule has 178 valence electrons. The lowest BCUT2D eigenvalue weighted by Crippen LogP contribution is -2.49. The van der Waals surface area contributed by atoms with Crippen LogP contribution in [0.5, 0.6) is 0 Å². The summed E-state index contributed by atoms with van der Waals surface area (Å²) in [6, 6.07) is 14.3. The third-order valence-corrected chi connectivity index (χ3v) is 7.99. The molecule has 0 bridgehead atoms. The maximum absolute atomic E-state index is 13.0. The monoisotopic (exact) mass is 477 g/mol. The number of nitrogens with one attached hydrogen (secondary N) is 2. The zero-order chi connectivity index (χ0) is 23.7. The molecule has 2 heterocycles. The Hall–Kier alpha value is -2.63. The van der Waals surface area contributed by atoms with E-state index in [1.54, 1.807) is 4.90 Å². The molecule has 0 radical (unpaired) electrons. The molecular weight excluding hydrogens is 446 g/mol. The summed E-state index contributed by atoms with van der Waals surface area (Å²) in [5.41, 5.74) is 4.92. The van der Waals surface area contributed by atoms with Crippen molar-refractivity contribution in [2.24, 2.45) is 5.92 Å². The van der Waals surface area contributed by atoms with Crippen molar-refractivity contribution in [3.8, 4) is 0 Å². The zero-order valence-electron chi connectivity index (χ0n) is 19.5. The number of allylic oxidation sites excluding steroid dienone is 1. The largest absolute Gasteiger partial charge is 0.329 e. The molecule has 5 nitrogen and oxygen atoms in total. The van der Waals surface area contributed by atoms with Gasteiger partial charge in [-0.05, 0) is 66.8 Å². The maximum Gasteiger partial charge on any atom is 0.255 e. The topological polar surface area (TPSA) is 61.4 Å². The van der Waals surface area contributed by atoms with Crippen LogP contribution in [-0.2, 0) is 24.3 Å². The predicted molar refractivity (Wildman–Crippen MR) is 134 cm³/mol. The number of amides is 2. The zero-order valence-corrected chi connectivity index (χ0v) is 20.2. The molecule has 2 N–H and O–H groups in total. The van der Waals surface area contributed by atoms with Crippen LogP contribution in [0.1, 0.15) is 65.6 Å². The van der Waals surface area contributed by atoms with Gasteiger partial charge in [0.2, 0.25) is 5.91 Å². The highest BCUT2D eigenvalue weighted by atomic mass is 35.5. The molecule has 3 aliphatic rings. The Bertz CT molecular complexity index is 1110. The molecule has 1 unspecified atom stereocenters. The van der Waals surface area contributed by atoms with E-state index in [4.69, 9.17) is 11.6 Å². The van der Waals surface area contributed by atoms with Gasteiger partial charge < -0.3 is 15.5 Å². The standard InChI is InChI=1S/C28H32ClN3O2/c1-18-10-13-26(27(33)31-18)32-17-22-15-19(11-12-23(22)28(32)34)14-20-6-3-5-9-25(20)30-16-21-7-2-4-8-24(21)29/h2,4,7-8,11-12,15,20,25-26,30H,1,3,5-6,9-10,13-14,16-17H2,(H,31,33)/t20-,25+,26?/m1/s1. The summed E-state index contributed by atoms with van der Waals surface area (Å²) < 4.78 is 0. The van der Waals surface area contributed by atoms with Crippen molar-refractivity contribution in [2.75, 3.05) is 0 Å². The number of benzene rings is 2. The molecule has 2 aromatic carbocycles. The Labute approximate surface area is 206 Å². The van der Waals surface area contributed by atoms with Crippen LogP contribution in [0.3, 0.4) is 0 Å². The number of nitrogens with zero attached hydrogens (tertiary/aromatic N) is 1. The van der Waals surface area contributed by atoms with Gasteiger partial charge in [0, 0.05) is 35.4 Å². The minimum Gasteiger partial charge on any atom is -0.329 e. The van der Waals surface area contributed by atoms with Gasteiger partial charge in [-0.2, -0.15) is 0 Å². The summed E-state index contributed by atoms with van der Waals surface area (Å²) in [6.07, 6.45) is 7.23. The minimum atomic E-state index is -0.411. The van der Waals surface area contributed by atoms with E-state index in [9.17, 15) is 9.59 Å². The summed E-state index contributed by atoms with van der Waals surface area (Å²) in [4.78, 5) is 27.2. The average Bonchev–Trinajstić information content (AvgIpc) is 3.15. The highest BCUT2D eigenvalue weighted by molar-refractivity contribution is 6.31. The Morgan fingerprint density at radius 2 is 1.91 bits per heavy atom. The SMILES string of the molecule is C=C1CCC(N2Cc3cc(C[C@H]4CCCC[C@@H]4NCc4ccccc4Cl)ccc3C2=O)C(=O)N1. The molecule has 2 aliphatic heterocycles. The molecule has 34 heavy (non-hydrogen) atoms. The lowest BCUT2D eigenvalue weighted by atomic mass is 9.80. The third kappa shape index (κ3) is 4.77. The van der Waals surface area contributed by atoms with Gasteiger partial charge >= 0.3 is 0 Å². The van der Waals surface area contributed by atoms with Crippen molar-refractivity contribution >= 4 is 23.4 Å². The van der Waals surface area contributed by atoms with E-state index >= 15 is 0 Å². The number of carbonyl (C=O) groups excluding carboxylic acids is 2. The summed E-state index contributed by atoms with van der Waals surface area (Å²) >= 11 is 6.36. The van der Waals surface area contributed by atoms with E-state index in [1.807, 2.05) is 24.3 Å². The van der Waals surface area contributed by atoms with Gasteiger partial charge in [-0.15, -0.1) is 0 Å². The van der Waals surface area contributed by atoms with Crippen molar-refractivity contribution in [3.63, 3.8) is 0 Å². The number of hydrogen-bond donors (Lipinski definition) is 2. The smallest absolute Gasteiger partial charge is 0.255 e. The quantitative estimate of drug-likeness (QED) is 0.616. The van der Waals surface area contributed by atoms with Crippen LogP contribution in [0.4, 0.5) is 0 Å². The number of fused-ring (bicyclic) bond motifs is 1. The van der Waals surface area contributed by atoms with Gasteiger partial charge in [0.1, 0.15) is 6.04 Å². The molecule has 2 fully saturated rings. The molecule has 3 atom stereocenters. The predicted octanol–water partition coefficient (Wildman–Crippen LogP) is 4.98. The first kappa shape index (κ1) is 23.1. The molecule has 2 amide bonds. The van der Waals surface area contributed by atoms with Crippen molar-refractivity contribution in [1.82, 2.24) is 15.5 Å². The second kappa shape index (κ2) is 9.93. The van der Waals surface area contributed by atoms with Crippen LogP contribution in [0.25, 0.3) is 0 Å². The van der Waals surface area contributed by atoms with E-state index in [1.165, 1.54) is 31.2 Å². The Morgan fingerprint density at radius 1 is 1.09 bits per heavy atom. The van der Waals surface area contributed by atoms with Gasteiger partial charge in [0.15, 0.2) is 0 Å². The lowest BCUT2D eigenvalue weighted by Gasteiger charge is -2.33. The Balaban J connectivity index is 1.26. The normalized spacial score (nSPS) is 24.8. The molecule has 0 spiro atoms. The van der Waals surface area contributed by atoms with E-state index in [0.29, 0.717) is 31.3 Å². The molecule has 5 rings (SSSR count). The molecular formula is C28H32ClN3O2. The van der Waals surface area contributed by atoms with Crippen LogP contribution in [0.2, 0.25) is 5.02 Å². The fourth-order valence-electron chi connectivity index (χ4n) is 5.74. The van der Waals surface area contributed by atoms with E-state index in [2.05, 4.69) is 35.4 Å². The molecule has 2 aromatic rings. The van der Waals surface area contributed by atoms with Gasteiger partial charge in [0.25, 0.3) is 5.91 Å². The average molecular weight is 478 g/mol. The lowest BCUT2D eigenvalue weighted by molar-refractivity contribution is -0.126. The molecule has 1 saturated heterocycles. The first-order valence-electron chi connectivity index (χ1n) is 12.4. The summed E-state index contributed by atoms with van der Waals surface area (Å²) in [5, 5.41) is 7.39. The number of halogens is 1. The third-order valence-electron chi connectivity index (χ3n) is 7.62. The number of carbonyl (C=O) groups is 2. The van der Waals surface area contributed by atoms with Gasteiger partial charge in [0.05, 0.1) is 0 Å². The second-order valence-corrected chi connectivity index (χ2v) is 10.3. The number of hydrogen-bond acceptors (Lipinski definition) is 3. The minimum absolute atomic E-state index is 0.0360. The van der Waals surface area contributed by atoms with Crippen molar-refractivity contribution < 1.29 is 9.59 Å². The summed E-state index contributed by atoms with van der Waals surface area (Å²) in [5.74, 6) is 0.399. The van der Waals surface area contributed by atoms with Gasteiger partial charge in [-0.25, -0.2) is 0 Å². The second-order valence-electron chi connectivity index (χ2n) is 9.90. The Morgan fingerprint density at radius 3 is 2.74 bits per heavy atom. The molecule has 0 aromatic heterocycles. The first-order valence-corrected chi connectivity index (χ1v) is 12.8. The molecule has 1 saturated carbocycles. The number of piperidine rings is 1. The number of rotatable bonds is 6. The van der Waals surface area contributed by atoms with Crippen LogP contribution < -0.4 is 10.6 Å². The summed E-state index contributed by atoms with van der Waals surface area (Å²) in [7, 11) is 0. The van der Waals surface area contributed by atoms with Crippen LogP contribution >= 0.6 is 11.6 Å². The highest BCUT2D eigenvalue weighted by Crippen LogP contribution is 2.32. The van der Waals surface area contributed by atoms with E-state index in [0.717, 1.165) is 40.4 Å². The van der Waals surface area contributed by atoms with Crippen LogP contribution in [0, 0.1) is 5.92 Å². The van der Waals surface area contributed by atoms with Crippen molar-refractivity contribution in [1.29, 1.82) is 0 Å². The van der Waals surface area contributed by atoms with Crippen molar-refractivity contribution in [3.05, 3.63) is 82.0 Å². The molecule has 1 aliphatic carbocycles. The van der Waals surface area contributed by atoms with E-state index in [-0.39, 0.29) is 11.8 Å². The summed E-state index contributed by atoms with van der Waals surface area (Å²) in [6.45, 7) is 5.13. The first-order chi connectivity index (χ1) is 16.5. The van der Waals surface area contributed by atoms with Crippen LogP contribution in [0.15, 0.2) is 54.7 Å². The van der Waals surface area contributed by atoms with Gasteiger partial charge in [-0.3, -0.25) is 9.59 Å². The highest BCUT2D eigenvalue weighted by Gasteiger charge is 2.38. The maximum atomic E-state index is 13.0. The fraction of sp³-hybridized carbons (Fsp3) is 0.429.